The molecule has 3 heterocycles. The Hall–Kier alpha value is -2.87. The molecular weight excluding hydrogens is 459 g/mol. The average Bonchev–Trinajstić information content (AvgIpc) is 2.99. The predicted octanol–water partition coefficient (Wildman–Crippen LogP) is 5.92. The van der Waals surface area contributed by atoms with Crippen LogP contribution in [0.25, 0.3) is 0 Å². The lowest BCUT2D eigenvalue weighted by molar-refractivity contribution is 0.0256. The molecular formula is C25H30ClFN4O3. The molecule has 0 saturated carbocycles. The van der Waals surface area contributed by atoms with Crippen LogP contribution < -0.4 is 9.80 Å². The number of aromatic nitrogens is 1. The first kappa shape index (κ1) is 24.3. The summed E-state index contributed by atoms with van der Waals surface area (Å²) in [6.45, 7) is 8.51. The van der Waals surface area contributed by atoms with E-state index in [-0.39, 0.29) is 35.6 Å². The van der Waals surface area contributed by atoms with E-state index >= 15 is 0 Å². The number of pyridine rings is 1. The first-order valence-corrected chi connectivity index (χ1v) is 11.9. The van der Waals surface area contributed by atoms with Crippen molar-refractivity contribution in [3.8, 4) is 0 Å². The molecule has 1 aromatic carbocycles. The van der Waals surface area contributed by atoms with Gasteiger partial charge in [-0.25, -0.2) is 19.0 Å². The molecule has 2 aliphatic rings. The number of urea groups is 1. The number of rotatable bonds is 2. The molecule has 2 aromatic rings. The summed E-state index contributed by atoms with van der Waals surface area (Å²) in [5, 5.41) is 0.288. The third kappa shape index (κ3) is 4.97. The molecule has 182 valence electrons. The summed E-state index contributed by atoms with van der Waals surface area (Å²) < 4.78 is 20.4. The van der Waals surface area contributed by atoms with Gasteiger partial charge in [-0.3, -0.25) is 9.80 Å². The number of ether oxygens (including phenoxy) is 1. The molecule has 1 fully saturated rings. The zero-order chi connectivity index (χ0) is 24.6. The molecule has 1 aromatic heterocycles. The van der Waals surface area contributed by atoms with Gasteiger partial charge in [-0.2, -0.15) is 0 Å². The summed E-state index contributed by atoms with van der Waals surface area (Å²) >= 11 is 6.20. The highest BCUT2D eigenvalue weighted by atomic mass is 35.5. The van der Waals surface area contributed by atoms with Crippen molar-refractivity contribution in [3.63, 3.8) is 0 Å². The Balaban J connectivity index is 1.65. The van der Waals surface area contributed by atoms with Crippen molar-refractivity contribution in [2.75, 3.05) is 22.9 Å². The van der Waals surface area contributed by atoms with E-state index in [1.54, 1.807) is 41.1 Å². The van der Waals surface area contributed by atoms with Crippen LogP contribution in [0.15, 0.2) is 30.5 Å². The molecule has 2 aliphatic heterocycles. The van der Waals surface area contributed by atoms with E-state index in [4.69, 9.17) is 16.3 Å². The minimum Gasteiger partial charge on any atom is -0.444 e. The summed E-state index contributed by atoms with van der Waals surface area (Å²) in [7, 11) is 0. The third-order valence-corrected chi connectivity index (χ3v) is 6.33. The van der Waals surface area contributed by atoms with Crippen LogP contribution >= 0.6 is 11.6 Å². The predicted molar refractivity (Wildman–Crippen MR) is 130 cm³/mol. The Labute approximate surface area is 204 Å². The topological polar surface area (TPSA) is 66.0 Å². The fraction of sp³-hybridized carbons (Fsp3) is 0.480. The molecule has 0 spiro atoms. The van der Waals surface area contributed by atoms with Crippen LogP contribution in [0.4, 0.5) is 25.4 Å². The van der Waals surface area contributed by atoms with Crippen molar-refractivity contribution in [1.29, 1.82) is 0 Å². The van der Waals surface area contributed by atoms with Crippen molar-refractivity contribution < 1.29 is 18.7 Å². The number of hydrogen-bond acceptors (Lipinski definition) is 4. The maximum absolute atomic E-state index is 14.9. The molecule has 1 atom stereocenters. The number of carbonyl (C=O) groups is 2. The summed E-state index contributed by atoms with van der Waals surface area (Å²) in [6, 6.07) is 5.98. The van der Waals surface area contributed by atoms with Crippen molar-refractivity contribution in [1.82, 2.24) is 9.88 Å². The molecule has 0 aliphatic carbocycles. The van der Waals surface area contributed by atoms with Crippen molar-refractivity contribution in [3.05, 3.63) is 52.6 Å². The Morgan fingerprint density at radius 2 is 2.00 bits per heavy atom. The second kappa shape index (κ2) is 9.41. The van der Waals surface area contributed by atoms with E-state index in [2.05, 4.69) is 4.98 Å². The standard InChI is InChI=1S/C25H30ClFN4O3/c1-16-7-5-9-19(27)22(16)30-15-17-14-28-21(26)13-20(17)31(23(30)32)18-8-6-11-29(12-10-18)24(33)34-25(2,3)4/h5,7,9,13-14,18H,6,8,10-12,15H2,1-4H3/t18-/m0/s1. The average molecular weight is 489 g/mol. The number of halogens is 2. The van der Waals surface area contributed by atoms with Gasteiger partial charge in [0.05, 0.1) is 17.9 Å². The Morgan fingerprint density at radius 3 is 2.71 bits per heavy atom. The number of fused-ring (bicyclic) bond motifs is 1. The number of amides is 3. The van der Waals surface area contributed by atoms with E-state index < -0.39 is 11.4 Å². The fourth-order valence-electron chi connectivity index (χ4n) is 4.60. The molecule has 0 bridgehead atoms. The van der Waals surface area contributed by atoms with Crippen LogP contribution in [-0.2, 0) is 11.3 Å². The number of aryl methyl sites for hydroxylation is 1. The second-order valence-electron chi connectivity index (χ2n) is 9.83. The summed E-state index contributed by atoms with van der Waals surface area (Å²) in [5.41, 5.74) is 1.84. The first-order chi connectivity index (χ1) is 16.0. The monoisotopic (exact) mass is 488 g/mol. The highest BCUT2D eigenvalue weighted by molar-refractivity contribution is 6.29. The number of hydrogen-bond donors (Lipinski definition) is 0. The van der Waals surface area contributed by atoms with Crippen LogP contribution in [-0.4, -0.2) is 46.7 Å². The van der Waals surface area contributed by atoms with Crippen LogP contribution in [0.2, 0.25) is 5.15 Å². The Kier molecular flexibility index (Phi) is 6.71. The maximum Gasteiger partial charge on any atom is 0.410 e. The van der Waals surface area contributed by atoms with Gasteiger partial charge in [-0.15, -0.1) is 0 Å². The van der Waals surface area contributed by atoms with Gasteiger partial charge in [0.2, 0.25) is 0 Å². The number of anilines is 2. The minimum atomic E-state index is -0.577. The molecule has 1 saturated heterocycles. The van der Waals surface area contributed by atoms with Gasteiger partial charge in [-0.1, -0.05) is 23.7 Å². The van der Waals surface area contributed by atoms with Gasteiger partial charge in [0, 0.05) is 30.9 Å². The molecule has 4 rings (SSSR count). The smallest absolute Gasteiger partial charge is 0.410 e. The van der Waals surface area contributed by atoms with E-state index in [1.807, 2.05) is 20.8 Å². The molecule has 3 amide bonds. The zero-order valence-corrected chi connectivity index (χ0v) is 20.7. The van der Waals surface area contributed by atoms with Crippen LogP contribution in [0, 0.1) is 12.7 Å². The van der Waals surface area contributed by atoms with Gasteiger partial charge in [0.1, 0.15) is 16.6 Å². The SMILES string of the molecule is Cc1cccc(F)c1N1Cc2cnc(Cl)cc2N([C@H]2CCCN(C(=O)OC(C)(C)C)CC2)C1=O. The first-order valence-electron chi connectivity index (χ1n) is 11.5. The lowest BCUT2D eigenvalue weighted by Crippen LogP contribution is -2.52. The van der Waals surface area contributed by atoms with Crippen LogP contribution in [0.3, 0.4) is 0 Å². The quantitative estimate of drug-likeness (QED) is 0.492. The Morgan fingerprint density at radius 1 is 1.24 bits per heavy atom. The Bertz CT molecular complexity index is 1080. The number of nitrogens with zero attached hydrogens (tertiary/aromatic N) is 4. The van der Waals surface area contributed by atoms with E-state index in [9.17, 15) is 14.0 Å². The van der Waals surface area contributed by atoms with Gasteiger partial charge in [-0.05, 0) is 64.7 Å². The summed E-state index contributed by atoms with van der Waals surface area (Å²) in [6.07, 6.45) is 3.25. The molecule has 34 heavy (non-hydrogen) atoms. The van der Waals surface area contributed by atoms with Crippen molar-refractivity contribution >= 4 is 35.1 Å². The van der Waals surface area contributed by atoms with Gasteiger partial charge >= 0.3 is 12.1 Å². The largest absolute Gasteiger partial charge is 0.444 e. The minimum absolute atomic E-state index is 0.188. The number of para-hydroxylation sites is 1. The molecule has 0 unspecified atom stereocenters. The van der Waals surface area contributed by atoms with Gasteiger partial charge in [0.15, 0.2) is 0 Å². The fourth-order valence-corrected chi connectivity index (χ4v) is 4.76. The lowest BCUT2D eigenvalue weighted by atomic mass is 10.0. The zero-order valence-electron chi connectivity index (χ0n) is 20.0. The highest BCUT2D eigenvalue weighted by Gasteiger charge is 2.39. The summed E-state index contributed by atoms with van der Waals surface area (Å²) in [5.74, 6) is -0.448. The number of benzene rings is 1. The van der Waals surface area contributed by atoms with E-state index in [0.29, 0.717) is 43.6 Å². The van der Waals surface area contributed by atoms with Gasteiger partial charge < -0.3 is 9.64 Å². The number of carbonyl (C=O) groups excluding carboxylic acids is 2. The van der Waals surface area contributed by atoms with Crippen LogP contribution in [0.5, 0.6) is 0 Å². The highest BCUT2D eigenvalue weighted by Crippen LogP contribution is 2.38. The van der Waals surface area contributed by atoms with Gasteiger partial charge in [0.25, 0.3) is 0 Å². The molecule has 9 heteroatoms. The molecule has 0 N–H and O–H groups in total. The number of likely N-dealkylation sites (tertiary alicyclic amines) is 1. The van der Waals surface area contributed by atoms with Crippen LogP contribution in [0.1, 0.15) is 51.2 Å². The normalized spacial score (nSPS) is 19.1. The van der Waals surface area contributed by atoms with E-state index in [1.165, 1.54) is 11.0 Å². The van der Waals surface area contributed by atoms with Crippen molar-refractivity contribution in [2.45, 2.75) is 65.1 Å². The van der Waals surface area contributed by atoms with E-state index in [0.717, 1.165) is 5.56 Å². The third-order valence-electron chi connectivity index (χ3n) is 6.13. The molecule has 7 nitrogen and oxygen atoms in total. The molecule has 0 radical (unpaired) electrons. The second-order valence-corrected chi connectivity index (χ2v) is 10.2. The summed E-state index contributed by atoms with van der Waals surface area (Å²) in [4.78, 5) is 35.5. The van der Waals surface area contributed by atoms with Crippen molar-refractivity contribution in [2.24, 2.45) is 0 Å². The lowest BCUT2D eigenvalue weighted by Gasteiger charge is -2.41. The maximum atomic E-state index is 14.9.